The van der Waals surface area contributed by atoms with Crippen LogP contribution in [-0.2, 0) is 11.2 Å². The molecule has 1 N–H and O–H groups in total. The van der Waals surface area contributed by atoms with Crippen LogP contribution in [0, 0.1) is 0 Å². The van der Waals surface area contributed by atoms with Gasteiger partial charge in [0.1, 0.15) is 5.01 Å². The molecule has 1 unspecified atom stereocenters. The molecule has 0 bridgehead atoms. The van der Waals surface area contributed by atoms with E-state index >= 15 is 0 Å². The average Bonchev–Trinajstić information content (AvgIpc) is 3.46. The lowest BCUT2D eigenvalue weighted by atomic mass is 10.2. The number of nitrogens with zero attached hydrogens (tertiary/aromatic N) is 3. The number of carbonyl (C=O) groups is 1. The molecule has 5 nitrogen and oxygen atoms in total. The molecule has 1 aliphatic heterocycles. The number of thiazole rings is 1. The van der Waals surface area contributed by atoms with Gasteiger partial charge in [0.2, 0.25) is 5.91 Å². The van der Waals surface area contributed by atoms with Crippen LogP contribution in [-0.4, -0.2) is 40.4 Å². The van der Waals surface area contributed by atoms with Gasteiger partial charge < -0.3 is 5.32 Å². The van der Waals surface area contributed by atoms with Crippen LogP contribution in [0.5, 0.6) is 0 Å². The van der Waals surface area contributed by atoms with Crippen molar-refractivity contribution in [2.75, 3.05) is 19.6 Å². The summed E-state index contributed by atoms with van der Waals surface area (Å²) in [6, 6.07) is 10.3. The Hall–Kier alpha value is -2.09. The average molecular weight is 399 g/mol. The van der Waals surface area contributed by atoms with E-state index in [0.29, 0.717) is 13.0 Å². The molecule has 1 amide bonds. The second-order valence-electron chi connectivity index (χ2n) is 6.61. The smallest absolute Gasteiger partial charge is 0.226 e. The van der Waals surface area contributed by atoms with Gasteiger partial charge in [0.15, 0.2) is 0 Å². The predicted molar refractivity (Wildman–Crippen MR) is 110 cm³/mol. The number of nitrogens with one attached hydrogen (secondary N) is 1. The lowest BCUT2D eigenvalue weighted by Crippen LogP contribution is -2.37. The minimum absolute atomic E-state index is 0.0219. The highest BCUT2D eigenvalue weighted by atomic mass is 32.1. The zero-order chi connectivity index (χ0) is 18.5. The fraction of sp³-hybridized carbons (Fsp3) is 0.350. The first kappa shape index (κ1) is 18.3. The van der Waals surface area contributed by atoms with Crippen molar-refractivity contribution in [3.63, 3.8) is 0 Å². The monoisotopic (exact) mass is 398 g/mol. The highest BCUT2D eigenvalue weighted by Crippen LogP contribution is 2.28. The summed E-state index contributed by atoms with van der Waals surface area (Å²) in [6.07, 6.45) is 4.54. The number of hydrogen-bond donors (Lipinski definition) is 1. The number of likely N-dealkylation sites (tertiary alicyclic amines) is 1. The summed E-state index contributed by atoms with van der Waals surface area (Å²) in [6.45, 7) is 2.87. The Kier molecular flexibility index (Phi) is 5.91. The Balaban J connectivity index is 1.35. The highest BCUT2D eigenvalue weighted by molar-refractivity contribution is 7.13. The van der Waals surface area contributed by atoms with Gasteiger partial charge in [0.05, 0.1) is 23.9 Å². The lowest BCUT2D eigenvalue weighted by molar-refractivity contribution is -0.120. The summed E-state index contributed by atoms with van der Waals surface area (Å²) in [4.78, 5) is 25.2. The third kappa shape index (κ3) is 4.61. The van der Waals surface area contributed by atoms with Crippen LogP contribution in [0.4, 0.5) is 0 Å². The summed E-state index contributed by atoms with van der Waals surface area (Å²) < 4.78 is 0. The maximum absolute atomic E-state index is 12.5. The molecule has 7 heteroatoms. The van der Waals surface area contributed by atoms with E-state index in [0.717, 1.165) is 29.5 Å². The van der Waals surface area contributed by atoms with Crippen LogP contribution in [0.25, 0.3) is 10.7 Å². The quantitative estimate of drug-likeness (QED) is 0.658. The molecule has 0 spiro atoms. The molecule has 1 aliphatic rings. The molecule has 1 saturated heterocycles. The van der Waals surface area contributed by atoms with E-state index < -0.39 is 0 Å². The van der Waals surface area contributed by atoms with Crippen molar-refractivity contribution in [1.82, 2.24) is 20.2 Å². The van der Waals surface area contributed by atoms with Crippen molar-refractivity contribution in [1.29, 1.82) is 0 Å². The van der Waals surface area contributed by atoms with E-state index in [9.17, 15) is 4.79 Å². The largest absolute Gasteiger partial charge is 0.354 e. The highest BCUT2D eigenvalue weighted by Gasteiger charge is 2.24. The van der Waals surface area contributed by atoms with E-state index in [-0.39, 0.29) is 11.9 Å². The van der Waals surface area contributed by atoms with E-state index in [1.807, 2.05) is 23.6 Å². The number of pyridine rings is 1. The second kappa shape index (κ2) is 8.73. The Morgan fingerprint density at radius 3 is 2.81 bits per heavy atom. The molecular weight excluding hydrogens is 376 g/mol. The molecule has 140 valence electrons. The molecule has 0 aromatic carbocycles. The van der Waals surface area contributed by atoms with Crippen molar-refractivity contribution >= 4 is 28.6 Å². The van der Waals surface area contributed by atoms with E-state index in [1.54, 1.807) is 17.5 Å². The Morgan fingerprint density at radius 2 is 2.07 bits per heavy atom. The van der Waals surface area contributed by atoms with Gasteiger partial charge in [-0.2, -0.15) is 0 Å². The second-order valence-corrected chi connectivity index (χ2v) is 8.45. The SMILES string of the molecule is O=C(Cc1csc(-c2ccccn2)n1)NCC(c1cccs1)N1CCCC1. The third-order valence-corrected chi connectivity index (χ3v) is 6.61. The Labute approximate surface area is 167 Å². The van der Waals surface area contributed by atoms with Crippen LogP contribution < -0.4 is 5.32 Å². The normalized spacial score (nSPS) is 15.7. The standard InChI is InChI=1S/C20H22N4OS2/c25-19(12-15-14-27-20(23-15)16-6-1-2-8-21-16)22-13-17(18-7-5-11-26-18)24-9-3-4-10-24/h1-2,5-8,11,14,17H,3-4,9-10,12-13H2,(H,22,25). The third-order valence-electron chi connectivity index (χ3n) is 4.72. The summed E-state index contributed by atoms with van der Waals surface area (Å²) in [5.74, 6) is 0.0219. The molecule has 1 atom stereocenters. The predicted octanol–water partition coefficient (Wildman–Crippen LogP) is 3.76. The number of thiophene rings is 1. The molecular formula is C20H22N4OS2. The molecule has 27 heavy (non-hydrogen) atoms. The summed E-state index contributed by atoms with van der Waals surface area (Å²) in [7, 11) is 0. The van der Waals surface area contributed by atoms with Gasteiger partial charge in [0.25, 0.3) is 0 Å². The van der Waals surface area contributed by atoms with Crippen molar-refractivity contribution in [2.45, 2.75) is 25.3 Å². The number of carbonyl (C=O) groups excluding carboxylic acids is 1. The summed E-state index contributed by atoms with van der Waals surface area (Å²) in [5.41, 5.74) is 1.65. The molecule has 4 heterocycles. The summed E-state index contributed by atoms with van der Waals surface area (Å²) >= 11 is 3.29. The van der Waals surface area contributed by atoms with Crippen molar-refractivity contribution in [3.05, 3.63) is 57.9 Å². The number of amides is 1. The maximum atomic E-state index is 12.5. The molecule has 1 fully saturated rings. The van der Waals surface area contributed by atoms with Crippen molar-refractivity contribution < 1.29 is 4.79 Å². The number of hydrogen-bond acceptors (Lipinski definition) is 6. The minimum Gasteiger partial charge on any atom is -0.354 e. The Bertz CT molecular complexity index is 857. The topological polar surface area (TPSA) is 58.1 Å². The molecule has 3 aromatic rings. The van der Waals surface area contributed by atoms with Gasteiger partial charge >= 0.3 is 0 Å². The van der Waals surface area contributed by atoms with Crippen LogP contribution >= 0.6 is 22.7 Å². The van der Waals surface area contributed by atoms with Crippen LogP contribution in [0.15, 0.2) is 47.3 Å². The van der Waals surface area contributed by atoms with E-state index in [2.05, 4.69) is 37.7 Å². The zero-order valence-electron chi connectivity index (χ0n) is 15.0. The minimum atomic E-state index is 0.0219. The fourth-order valence-corrected chi connectivity index (χ4v) is 5.03. The Morgan fingerprint density at radius 1 is 1.19 bits per heavy atom. The summed E-state index contributed by atoms with van der Waals surface area (Å²) in [5, 5.41) is 8.03. The van der Waals surface area contributed by atoms with Gasteiger partial charge in [0, 0.05) is 23.0 Å². The fourth-order valence-electron chi connectivity index (χ4n) is 3.38. The van der Waals surface area contributed by atoms with Crippen LogP contribution in [0.3, 0.4) is 0 Å². The van der Waals surface area contributed by atoms with Crippen molar-refractivity contribution in [3.8, 4) is 10.7 Å². The van der Waals surface area contributed by atoms with Gasteiger partial charge in [-0.25, -0.2) is 4.98 Å². The van der Waals surface area contributed by atoms with Gasteiger partial charge in [-0.15, -0.1) is 22.7 Å². The first-order chi connectivity index (χ1) is 13.3. The first-order valence-electron chi connectivity index (χ1n) is 9.19. The zero-order valence-corrected chi connectivity index (χ0v) is 16.6. The lowest BCUT2D eigenvalue weighted by Gasteiger charge is -2.26. The first-order valence-corrected chi connectivity index (χ1v) is 11.0. The maximum Gasteiger partial charge on any atom is 0.226 e. The molecule has 0 saturated carbocycles. The van der Waals surface area contributed by atoms with Crippen LogP contribution in [0.2, 0.25) is 0 Å². The van der Waals surface area contributed by atoms with Gasteiger partial charge in [-0.05, 0) is 49.5 Å². The van der Waals surface area contributed by atoms with E-state index in [4.69, 9.17) is 0 Å². The molecule has 3 aromatic heterocycles. The number of aromatic nitrogens is 2. The van der Waals surface area contributed by atoms with Crippen molar-refractivity contribution in [2.24, 2.45) is 0 Å². The molecule has 4 rings (SSSR count). The van der Waals surface area contributed by atoms with Gasteiger partial charge in [-0.3, -0.25) is 14.7 Å². The van der Waals surface area contributed by atoms with E-state index in [1.165, 1.54) is 29.1 Å². The number of rotatable bonds is 7. The van der Waals surface area contributed by atoms with Gasteiger partial charge in [-0.1, -0.05) is 12.1 Å². The molecule has 0 aliphatic carbocycles. The molecule has 0 radical (unpaired) electrons. The van der Waals surface area contributed by atoms with Crippen LogP contribution in [0.1, 0.15) is 29.5 Å².